The molecule has 0 bridgehead atoms. The summed E-state index contributed by atoms with van der Waals surface area (Å²) in [7, 11) is 2.80. The number of rotatable bonds is 5. The minimum Gasteiger partial charge on any atom is -0.493 e. The molecule has 1 atom stereocenters. The Balaban J connectivity index is 2.10. The molecule has 0 saturated heterocycles. The van der Waals surface area contributed by atoms with Crippen molar-refractivity contribution < 1.29 is 28.5 Å². The van der Waals surface area contributed by atoms with E-state index in [0.29, 0.717) is 36.0 Å². The van der Waals surface area contributed by atoms with Gasteiger partial charge in [0, 0.05) is 6.08 Å². The van der Waals surface area contributed by atoms with Crippen LogP contribution >= 0.6 is 0 Å². The summed E-state index contributed by atoms with van der Waals surface area (Å²) in [5.74, 6) is 0.743. The molecule has 1 aromatic carbocycles. The topological polar surface area (TPSA) is 83.1 Å². The average Bonchev–Trinajstić information content (AvgIpc) is 2.58. The standard InChI is InChI=1S/C16H19NO6/c1-10(16(19)21-3)17-14(18)5-4-11-8-12(20-2)15-13(9-11)22-6-7-23-15/h4-5,8-10H,6-7H2,1-3H3,(H,17,18). The van der Waals surface area contributed by atoms with E-state index in [1.807, 2.05) is 0 Å². The zero-order valence-electron chi connectivity index (χ0n) is 13.3. The lowest BCUT2D eigenvalue weighted by Crippen LogP contribution is -2.38. The summed E-state index contributed by atoms with van der Waals surface area (Å²) in [4.78, 5) is 23.1. The van der Waals surface area contributed by atoms with Gasteiger partial charge < -0.3 is 24.3 Å². The molecule has 1 aromatic rings. The minimum absolute atomic E-state index is 0.406. The van der Waals surface area contributed by atoms with Crippen molar-refractivity contribution in [1.29, 1.82) is 0 Å². The van der Waals surface area contributed by atoms with Crippen molar-refractivity contribution in [2.24, 2.45) is 0 Å². The molecule has 23 heavy (non-hydrogen) atoms. The summed E-state index contributed by atoms with van der Waals surface area (Å²) in [6, 6.07) is 2.78. The van der Waals surface area contributed by atoms with Crippen molar-refractivity contribution in [2.45, 2.75) is 13.0 Å². The van der Waals surface area contributed by atoms with Crippen LogP contribution < -0.4 is 19.5 Å². The molecule has 1 heterocycles. The number of methoxy groups -OCH3 is 2. The molecule has 1 aliphatic heterocycles. The number of benzene rings is 1. The molecule has 0 radical (unpaired) electrons. The van der Waals surface area contributed by atoms with Gasteiger partial charge in [-0.05, 0) is 30.7 Å². The van der Waals surface area contributed by atoms with E-state index in [4.69, 9.17) is 14.2 Å². The number of fused-ring (bicyclic) bond motifs is 1. The predicted octanol–water partition coefficient (Wildman–Crippen LogP) is 1.16. The second-order valence-corrected chi connectivity index (χ2v) is 4.83. The third kappa shape index (κ3) is 4.15. The number of carbonyl (C=O) groups excluding carboxylic acids is 2. The van der Waals surface area contributed by atoms with Crippen LogP contribution in [0.4, 0.5) is 0 Å². The van der Waals surface area contributed by atoms with Crippen LogP contribution in [-0.4, -0.2) is 45.4 Å². The van der Waals surface area contributed by atoms with Crippen molar-refractivity contribution in [3.63, 3.8) is 0 Å². The Kier molecular flexibility index (Phi) is 5.46. The fourth-order valence-electron chi connectivity index (χ4n) is 2.06. The maximum Gasteiger partial charge on any atom is 0.328 e. The van der Waals surface area contributed by atoms with Gasteiger partial charge >= 0.3 is 5.97 Å². The largest absolute Gasteiger partial charge is 0.493 e. The highest BCUT2D eigenvalue weighted by atomic mass is 16.6. The summed E-state index contributed by atoms with van der Waals surface area (Å²) >= 11 is 0. The highest BCUT2D eigenvalue weighted by Gasteiger charge is 2.18. The summed E-state index contributed by atoms with van der Waals surface area (Å²) in [6.45, 7) is 2.47. The summed E-state index contributed by atoms with van der Waals surface area (Å²) in [6.07, 6.45) is 2.92. The van der Waals surface area contributed by atoms with Gasteiger partial charge in [-0.2, -0.15) is 0 Å². The molecular weight excluding hydrogens is 302 g/mol. The molecule has 2 rings (SSSR count). The number of carbonyl (C=O) groups is 2. The Labute approximate surface area is 134 Å². The van der Waals surface area contributed by atoms with E-state index in [0.717, 1.165) is 0 Å². The number of amides is 1. The van der Waals surface area contributed by atoms with Crippen molar-refractivity contribution >= 4 is 18.0 Å². The van der Waals surface area contributed by atoms with E-state index >= 15 is 0 Å². The number of nitrogens with one attached hydrogen (secondary N) is 1. The third-order valence-electron chi connectivity index (χ3n) is 3.19. The van der Waals surface area contributed by atoms with Crippen LogP contribution in [0.15, 0.2) is 18.2 Å². The van der Waals surface area contributed by atoms with E-state index in [9.17, 15) is 9.59 Å². The van der Waals surface area contributed by atoms with Gasteiger partial charge in [0.2, 0.25) is 11.7 Å². The minimum atomic E-state index is -0.716. The molecule has 1 aliphatic rings. The lowest BCUT2D eigenvalue weighted by molar-refractivity contribution is -0.144. The summed E-state index contributed by atoms with van der Waals surface area (Å²) in [5.41, 5.74) is 0.715. The maximum atomic E-state index is 11.8. The van der Waals surface area contributed by atoms with Gasteiger partial charge in [0.15, 0.2) is 11.5 Å². The molecule has 0 aliphatic carbocycles. The molecular formula is C16H19NO6. The summed E-state index contributed by atoms with van der Waals surface area (Å²) in [5, 5.41) is 2.50. The Bertz CT molecular complexity index is 608. The van der Waals surface area contributed by atoms with E-state index in [1.165, 1.54) is 20.3 Å². The third-order valence-corrected chi connectivity index (χ3v) is 3.19. The Morgan fingerprint density at radius 3 is 2.70 bits per heavy atom. The molecule has 7 nitrogen and oxygen atoms in total. The molecule has 7 heteroatoms. The summed E-state index contributed by atoms with van der Waals surface area (Å²) < 4.78 is 20.8. The van der Waals surface area contributed by atoms with Crippen LogP contribution in [0.3, 0.4) is 0 Å². The number of hydrogen-bond acceptors (Lipinski definition) is 6. The molecule has 1 amide bonds. The van der Waals surface area contributed by atoms with Crippen molar-refractivity contribution in [3.05, 3.63) is 23.8 Å². The maximum absolute atomic E-state index is 11.8. The number of esters is 1. The zero-order valence-corrected chi connectivity index (χ0v) is 13.3. The number of hydrogen-bond donors (Lipinski definition) is 1. The SMILES string of the molecule is COC(=O)C(C)NC(=O)C=Cc1cc(OC)c2c(c1)OCCO2. The highest BCUT2D eigenvalue weighted by Crippen LogP contribution is 2.40. The predicted molar refractivity (Wildman–Crippen MR) is 82.6 cm³/mol. The lowest BCUT2D eigenvalue weighted by Gasteiger charge is -2.20. The van der Waals surface area contributed by atoms with Crippen LogP contribution in [0.1, 0.15) is 12.5 Å². The van der Waals surface area contributed by atoms with Gasteiger partial charge in [-0.1, -0.05) is 0 Å². The van der Waals surface area contributed by atoms with Crippen LogP contribution in [0.5, 0.6) is 17.2 Å². The first-order valence-electron chi connectivity index (χ1n) is 7.09. The normalized spacial score (nSPS) is 14.2. The van der Waals surface area contributed by atoms with Gasteiger partial charge in [-0.15, -0.1) is 0 Å². The van der Waals surface area contributed by atoms with Crippen molar-refractivity contribution in [2.75, 3.05) is 27.4 Å². The molecule has 1 N–H and O–H groups in total. The molecule has 124 valence electrons. The molecule has 1 unspecified atom stereocenters. The fraction of sp³-hybridized carbons (Fsp3) is 0.375. The first-order valence-corrected chi connectivity index (χ1v) is 7.09. The van der Waals surface area contributed by atoms with Gasteiger partial charge in [-0.25, -0.2) is 4.79 Å². The molecule has 0 saturated carbocycles. The van der Waals surface area contributed by atoms with Crippen LogP contribution in [0.2, 0.25) is 0 Å². The zero-order chi connectivity index (χ0) is 16.8. The quantitative estimate of drug-likeness (QED) is 0.647. The molecule has 0 spiro atoms. The van der Waals surface area contributed by atoms with E-state index < -0.39 is 17.9 Å². The van der Waals surface area contributed by atoms with Crippen LogP contribution in [0, 0.1) is 0 Å². The molecule has 0 aromatic heterocycles. The van der Waals surface area contributed by atoms with Gasteiger partial charge in [-0.3, -0.25) is 4.79 Å². The average molecular weight is 321 g/mol. The number of ether oxygens (including phenoxy) is 4. The fourth-order valence-corrected chi connectivity index (χ4v) is 2.06. The van der Waals surface area contributed by atoms with Gasteiger partial charge in [0.25, 0.3) is 0 Å². The van der Waals surface area contributed by atoms with E-state index in [-0.39, 0.29) is 0 Å². The highest BCUT2D eigenvalue weighted by molar-refractivity contribution is 5.94. The second-order valence-electron chi connectivity index (χ2n) is 4.83. The lowest BCUT2D eigenvalue weighted by atomic mass is 10.1. The first kappa shape index (κ1) is 16.7. The van der Waals surface area contributed by atoms with Crippen LogP contribution in [-0.2, 0) is 14.3 Å². The van der Waals surface area contributed by atoms with Crippen LogP contribution in [0.25, 0.3) is 6.08 Å². The molecule has 0 fully saturated rings. The smallest absolute Gasteiger partial charge is 0.328 e. The Hall–Kier alpha value is -2.70. The first-order chi connectivity index (χ1) is 11.0. The van der Waals surface area contributed by atoms with Gasteiger partial charge in [0.05, 0.1) is 14.2 Å². The van der Waals surface area contributed by atoms with E-state index in [1.54, 1.807) is 25.1 Å². The Morgan fingerprint density at radius 1 is 1.26 bits per heavy atom. The second kappa shape index (κ2) is 7.53. The van der Waals surface area contributed by atoms with Crippen molar-refractivity contribution in [3.8, 4) is 17.2 Å². The van der Waals surface area contributed by atoms with E-state index in [2.05, 4.69) is 10.1 Å². The monoisotopic (exact) mass is 321 g/mol. The Morgan fingerprint density at radius 2 is 2.00 bits per heavy atom. The van der Waals surface area contributed by atoms with Gasteiger partial charge in [0.1, 0.15) is 19.3 Å². The van der Waals surface area contributed by atoms with Crippen molar-refractivity contribution in [1.82, 2.24) is 5.32 Å².